The molecule has 1 amide bonds. The molecule has 2 heterocycles. The zero-order valence-electron chi connectivity index (χ0n) is 15.6. The third kappa shape index (κ3) is 3.69. The minimum absolute atomic E-state index is 0.346. The number of aryl methyl sites for hydroxylation is 1. The van der Waals surface area contributed by atoms with Crippen LogP contribution in [-0.4, -0.2) is 39.9 Å². The number of benzene rings is 1. The molecule has 0 fully saturated rings. The van der Waals surface area contributed by atoms with Crippen LogP contribution in [0.2, 0.25) is 0 Å². The standard InChI is InChI=1S/C18H19N5O3S2/c1-5-9-23-15(21-22-18(23)27)14-10(2)19-17(28-14)20-16(24)11-7-6-8-12(25-3)13(11)26-4/h5-8H,1,9H2,2-4H3,(H,22,27)(H,19,20,24). The van der Waals surface area contributed by atoms with Gasteiger partial charge in [-0.2, -0.15) is 5.10 Å². The number of hydrogen-bond donors (Lipinski definition) is 2. The third-order valence-electron chi connectivity index (χ3n) is 3.94. The molecule has 0 aliphatic carbocycles. The highest BCUT2D eigenvalue weighted by atomic mass is 32.1. The molecule has 3 rings (SSSR count). The lowest BCUT2D eigenvalue weighted by Gasteiger charge is -2.11. The van der Waals surface area contributed by atoms with Gasteiger partial charge in [0.25, 0.3) is 5.91 Å². The van der Waals surface area contributed by atoms with Gasteiger partial charge in [-0.25, -0.2) is 4.98 Å². The number of aromatic nitrogens is 4. The molecule has 0 aliphatic heterocycles. The van der Waals surface area contributed by atoms with E-state index in [1.807, 2.05) is 11.5 Å². The van der Waals surface area contributed by atoms with Crippen LogP contribution in [0.1, 0.15) is 16.1 Å². The molecule has 0 unspecified atom stereocenters. The van der Waals surface area contributed by atoms with Gasteiger partial charge in [-0.3, -0.25) is 19.8 Å². The molecule has 0 bridgehead atoms. The number of carbonyl (C=O) groups excluding carboxylic acids is 1. The van der Waals surface area contributed by atoms with E-state index in [0.717, 1.165) is 10.6 Å². The Morgan fingerprint density at radius 3 is 2.89 bits per heavy atom. The van der Waals surface area contributed by atoms with Crippen LogP contribution in [0.3, 0.4) is 0 Å². The lowest BCUT2D eigenvalue weighted by atomic mass is 10.1. The van der Waals surface area contributed by atoms with E-state index in [2.05, 4.69) is 27.1 Å². The molecule has 28 heavy (non-hydrogen) atoms. The summed E-state index contributed by atoms with van der Waals surface area (Å²) in [6.07, 6.45) is 1.74. The predicted molar refractivity (Wildman–Crippen MR) is 111 cm³/mol. The zero-order chi connectivity index (χ0) is 20.3. The minimum Gasteiger partial charge on any atom is -0.493 e. The fourth-order valence-corrected chi connectivity index (χ4v) is 3.84. The number of ether oxygens (including phenoxy) is 2. The van der Waals surface area contributed by atoms with Crippen LogP contribution in [0.15, 0.2) is 30.9 Å². The number of allylic oxidation sites excluding steroid dienone is 1. The monoisotopic (exact) mass is 417 g/mol. The number of anilines is 1. The van der Waals surface area contributed by atoms with Crippen LogP contribution in [0.5, 0.6) is 11.5 Å². The molecule has 2 aromatic heterocycles. The first-order valence-electron chi connectivity index (χ1n) is 8.26. The van der Waals surface area contributed by atoms with Crippen molar-refractivity contribution in [2.24, 2.45) is 0 Å². The van der Waals surface area contributed by atoms with Crippen molar-refractivity contribution >= 4 is 34.6 Å². The molecule has 0 spiro atoms. The van der Waals surface area contributed by atoms with Crippen molar-refractivity contribution in [3.05, 3.63) is 46.9 Å². The molecule has 0 aliphatic rings. The highest BCUT2D eigenvalue weighted by molar-refractivity contribution is 7.71. The summed E-state index contributed by atoms with van der Waals surface area (Å²) >= 11 is 6.57. The molecular weight excluding hydrogens is 398 g/mol. The van der Waals surface area contributed by atoms with Gasteiger partial charge < -0.3 is 9.47 Å². The van der Waals surface area contributed by atoms with Gasteiger partial charge in [0, 0.05) is 6.54 Å². The molecule has 1 aromatic carbocycles. The molecule has 2 N–H and O–H groups in total. The summed E-state index contributed by atoms with van der Waals surface area (Å²) in [5.74, 6) is 1.15. The van der Waals surface area contributed by atoms with E-state index in [0.29, 0.717) is 39.3 Å². The number of nitrogens with zero attached hydrogens (tertiary/aromatic N) is 3. The second kappa shape index (κ2) is 8.36. The highest BCUT2D eigenvalue weighted by Crippen LogP contribution is 2.34. The summed E-state index contributed by atoms with van der Waals surface area (Å²) in [5.41, 5.74) is 1.09. The van der Waals surface area contributed by atoms with Gasteiger partial charge in [0.1, 0.15) is 0 Å². The predicted octanol–water partition coefficient (Wildman–Crippen LogP) is 3.83. The Morgan fingerprint density at radius 2 is 2.21 bits per heavy atom. The number of aromatic amines is 1. The Morgan fingerprint density at radius 1 is 1.43 bits per heavy atom. The van der Waals surface area contributed by atoms with Gasteiger partial charge in [-0.1, -0.05) is 23.5 Å². The zero-order valence-corrected chi connectivity index (χ0v) is 17.2. The maximum atomic E-state index is 12.8. The molecular formula is C18H19N5O3S2. The highest BCUT2D eigenvalue weighted by Gasteiger charge is 2.20. The molecule has 0 radical (unpaired) electrons. The topological polar surface area (TPSA) is 94.1 Å². The Balaban J connectivity index is 1.92. The van der Waals surface area contributed by atoms with Gasteiger partial charge in [-0.15, -0.1) is 6.58 Å². The maximum absolute atomic E-state index is 12.8. The quantitative estimate of drug-likeness (QED) is 0.448. The van der Waals surface area contributed by atoms with Crippen LogP contribution in [-0.2, 0) is 6.54 Å². The van der Waals surface area contributed by atoms with Crippen molar-refractivity contribution in [3.8, 4) is 22.2 Å². The van der Waals surface area contributed by atoms with Gasteiger partial charge in [0.15, 0.2) is 27.2 Å². The van der Waals surface area contributed by atoms with Crippen molar-refractivity contribution in [2.45, 2.75) is 13.5 Å². The first-order valence-corrected chi connectivity index (χ1v) is 9.48. The first kappa shape index (κ1) is 19.8. The van der Waals surface area contributed by atoms with Crippen LogP contribution in [0, 0.1) is 11.7 Å². The summed E-state index contributed by atoms with van der Waals surface area (Å²) in [7, 11) is 3.01. The number of rotatable bonds is 7. The Bertz CT molecular complexity index is 1080. The van der Waals surface area contributed by atoms with Gasteiger partial charge in [0.05, 0.1) is 30.4 Å². The Kier molecular flexibility index (Phi) is 5.90. The van der Waals surface area contributed by atoms with Gasteiger partial charge >= 0.3 is 0 Å². The number of carbonyl (C=O) groups is 1. The van der Waals surface area contributed by atoms with Gasteiger partial charge in [0.2, 0.25) is 0 Å². The molecule has 0 saturated heterocycles. The van der Waals surface area contributed by atoms with Crippen LogP contribution in [0.25, 0.3) is 10.7 Å². The maximum Gasteiger partial charge on any atom is 0.261 e. The summed E-state index contributed by atoms with van der Waals surface area (Å²) in [6.45, 7) is 6.11. The SMILES string of the molecule is C=CCn1c(-c2sc(NC(=O)c3cccc(OC)c3OC)nc2C)n[nH]c1=S. The van der Waals surface area contributed by atoms with Crippen LogP contribution >= 0.6 is 23.6 Å². The first-order chi connectivity index (χ1) is 13.5. The van der Waals surface area contributed by atoms with E-state index in [1.54, 1.807) is 24.3 Å². The van der Waals surface area contributed by atoms with E-state index < -0.39 is 0 Å². The normalized spacial score (nSPS) is 10.5. The number of para-hydroxylation sites is 1. The van der Waals surface area contributed by atoms with Crippen molar-refractivity contribution in [3.63, 3.8) is 0 Å². The summed E-state index contributed by atoms with van der Waals surface area (Å²) in [4.78, 5) is 18.0. The van der Waals surface area contributed by atoms with Crippen molar-refractivity contribution in [1.82, 2.24) is 19.7 Å². The van der Waals surface area contributed by atoms with Crippen LogP contribution in [0.4, 0.5) is 5.13 Å². The van der Waals surface area contributed by atoms with Crippen molar-refractivity contribution in [1.29, 1.82) is 0 Å². The second-order valence-electron chi connectivity index (χ2n) is 5.68. The summed E-state index contributed by atoms with van der Waals surface area (Å²) < 4.78 is 12.9. The Hall–Kier alpha value is -2.98. The third-order valence-corrected chi connectivity index (χ3v) is 5.32. The number of hydrogen-bond acceptors (Lipinski definition) is 7. The van der Waals surface area contributed by atoms with Gasteiger partial charge in [-0.05, 0) is 31.3 Å². The van der Waals surface area contributed by atoms with Crippen molar-refractivity contribution in [2.75, 3.05) is 19.5 Å². The van der Waals surface area contributed by atoms with Crippen molar-refractivity contribution < 1.29 is 14.3 Å². The largest absolute Gasteiger partial charge is 0.493 e. The molecule has 0 atom stereocenters. The molecule has 3 aromatic rings. The molecule has 10 heteroatoms. The van der Waals surface area contributed by atoms with E-state index in [1.165, 1.54) is 25.6 Å². The summed E-state index contributed by atoms with van der Waals surface area (Å²) in [6, 6.07) is 5.11. The number of nitrogens with one attached hydrogen (secondary N) is 2. The summed E-state index contributed by atoms with van der Waals surface area (Å²) in [5, 5.41) is 10.3. The van der Waals surface area contributed by atoms with E-state index in [-0.39, 0.29) is 5.91 Å². The minimum atomic E-state index is -0.346. The smallest absolute Gasteiger partial charge is 0.261 e. The lowest BCUT2D eigenvalue weighted by Crippen LogP contribution is -2.13. The number of methoxy groups -OCH3 is 2. The number of amides is 1. The number of thiazole rings is 1. The fourth-order valence-electron chi connectivity index (χ4n) is 2.68. The fraction of sp³-hybridized carbons (Fsp3) is 0.222. The molecule has 8 nitrogen and oxygen atoms in total. The second-order valence-corrected chi connectivity index (χ2v) is 7.07. The molecule has 146 valence electrons. The Labute approximate surface area is 170 Å². The average molecular weight is 418 g/mol. The van der Waals surface area contributed by atoms with E-state index in [9.17, 15) is 4.79 Å². The lowest BCUT2D eigenvalue weighted by molar-refractivity contribution is 0.102. The van der Waals surface area contributed by atoms with E-state index >= 15 is 0 Å². The number of H-pyrrole nitrogens is 1. The van der Waals surface area contributed by atoms with Crippen LogP contribution < -0.4 is 14.8 Å². The van der Waals surface area contributed by atoms with E-state index in [4.69, 9.17) is 21.7 Å². The molecule has 0 saturated carbocycles. The average Bonchev–Trinajstić information content (AvgIpc) is 3.23.